The van der Waals surface area contributed by atoms with Gasteiger partial charge in [0.25, 0.3) is 0 Å². The molecule has 1 atom stereocenters. The topological polar surface area (TPSA) is 90.1 Å². The zero-order valence-corrected chi connectivity index (χ0v) is 18.8. The first-order valence-electron chi connectivity index (χ1n) is 10.7. The molecule has 0 amide bonds. The number of benzene rings is 1. The van der Waals surface area contributed by atoms with Crippen LogP contribution in [0, 0.1) is 0 Å². The molecule has 0 aliphatic heterocycles. The van der Waals surface area contributed by atoms with Crippen LogP contribution in [0.3, 0.4) is 0 Å². The largest absolute Gasteiger partial charge is 0.312 e. The number of hydrogen-bond acceptors (Lipinski definition) is 5. The lowest BCUT2D eigenvalue weighted by atomic mass is 10.1. The molecule has 0 saturated carbocycles. The van der Waals surface area contributed by atoms with Crippen molar-refractivity contribution in [1.29, 1.82) is 0 Å². The van der Waals surface area contributed by atoms with E-state index in [1.54, 1.807) is 0 Å². The van der Waals surface area contributed by atoms with Crippen LogP contribution in [0.1, 0.15) is 63.2 Å². The molecule has 3 heterocycles. The van der Waals surface area contributed by atoms with E-state index in [9.17, 15) is 0 Å². The van der Waals surface area contributed by atoms with Crippen LogP contribution in [-0.4, -0.2) is 40.0 Å². The first kappa shape index (κ1) is 21.2. The van der Waals surface area contributed by atoms with Gasteiger partial charge in [0.15, 0.2) is 11.6 Å². The third-order valence-corrected chi connectivity index (χ3v) is 5.83. The Morgan fingerprint density at radius 2 is 1.94 bits per heavy atom. The summed E-state index contributed by atoms with van der Waals surface area (Å²) in [5.74, 6) is 2.90. The van der Waals surface area contributed by atoms with Gasteiger partial charge in [-0.3, -0.25) is 0 Å². The number of hydrogen-bond donors (Lipinski definition) is 1. The summed E-state index contributed by atoms with van der Waals surface area (Å²) in [4.78, 5) is 4.83. The van der Waals surface area contributed by atoms with Crippen LogP contribution < -0.4 is 0 Å². The number of rotatable bonds is 9. The summed E-state index contributed by atoms with van der Waals surface area (Å²) in [6, 6.07) is 10.2. The Bertz CT molecular complexity index is 1110. The molecule has 0 aliphatic carbocycles. The van der Waals surface area contributed by atoms with Crippen molar-refractivity contribution in [3.05, 3.63) is 58.8 Å². The predicted molar refractivity (Wildman–Crippen MR) is 120 cm³/mol. The van der Waals surface area contributed by atoms with Crippen molar-refractivity contribution in [3.8, 4) is 17.2 Å². The second kappa shape index (κ2) is 9.43. The molecule has 1 aromatic carbocycles. The maximum Gasteiger partial charge on any atom is 0.197 e. The summed E-state index contributed by atoms with van der Waals surface area (Å²) in [6.07, 6.45) is 6.16. The van der Waals surface area contributed by atoms with Gasteiger partial charge in [0.05, 0.1) is 11.6 Å². The summed E-state index contributed by atoms with van der Waals surface area (Å²) in [7, 11) is 0. The molecule has 9 heteroatoms. The van der Waals surface area contributed by atoms with E-state index in [0.29, 0.717) is 23.3 Å². The fraction of sp³-hybridized carbons (Fsp3) is 0.409. The summed E-state index contributed by atoms with van der Waals surface area (Å²) >= 11 is 6.37. The highest BCUT2D eigenvalue weighted by Crippen LogP contribution is 2.29. The van der Waals surface area contributed by atoms with Crippen molar-refractivity contribution in [2.45, 2.75) is 58.9 Å². The third kappa shape index (κ3) is 4.54. The van der Waals surface area contributed by atoms with Crippen molar-refractivity contribution in [2.24, 2.45) is 0 Å². The Balaban J connectivity index is 1.58. The van der Waals surface area contributed by atoms with Crippen LogP contribution in [0.4, 0.5) is 0 Å². The highest BCUT2D eigenvalue weighted by Gasteiger charge is 2.16. The molecule has 3 aromatic heterocycles. The number of aromatic amines is 1. The van der Waals surface area contributed by atoms with Gasteiger partial charge in [0.1, 0.15) is 11.5 Å². The monoisotopic (exact) mass is 438 g/mol. The minimum absolute atomic E-state index is 0.367. The smallest absolute Gasteiger partial charge is 0.197 e. The van der Waals surface area contributed by atoms with E-state index in [0.717, 1.165) is 48.7 Å². The summed E-state index contributed by atoms with van der Waals surface area (Å²) < 4.78 is 4.03. The van der Waals surface area contributed by atoms with Crippen LogP contribution in [0.15, 0.2) is 36.5 Å². The maximum absolute atomic E-state index is 6.37. The Hall–Kier alpha value is -3.00. The molecule has 0 fully saturated rings. The van der Waals surface area contributed by atoms with Gasteiger partial charge < -0.3 is 4.57 Å². The van der Waals surface area contributed by atoms with Gasteiger partial charge >= 0.3 is 0 Å². The molecular formula is C22H27ClN8. The van der Waals surface area contributed by atoms with Crippen LogP contribution in [-0.2, 0) is 13.0 Å². The van der Waals surface area contributed by atoms with E-state index in [2.05, 4.69) is 70.3 Å². The molecular weight excluding hydrogens is 412 g/mol. The van der Waals surface area contributed by atoms with Gasteiger partial charge in [-0.1, -0.05) is 50.9 Å². The number of nitrogens with one attached hydrogen (secondary N) is 1. The fourth-order valence-corrected chi connectivity index (χ4v) is 3.71. The van der Waals surface area contributed by atoms with Crippen LogP contribution in [0.2, 0.25) is 5.02 Å². The van der Waals surface area contributed by atoms with Gasteiger partial charge in [-0.2, -0.15) is 5.10 Å². The quantitative estimate of drug-likeness (QED) is 0.405. The standard InChI is InChI=1S/C22H27ClN8/c1-4-6-7-19-24-21(15(3)5-2)27-31(19)14-16-8-10-17(11-9-16)30-13-12-18(23)20(30)22-25-28-29-26-22/h8-13,15H,4-7,14H2,1-3H3,(H,25,26,28,29). The molecule has 1 N–H and O–H groups in total. The molecule has 0 bridgehead atoms. The number of tetrazole rings is 1. The summed E-state index contributed by atoms with van der Waals surface area (Å²) in [5.41, 5.74) is 2.88. The highest BCUT2D eigenvalue weighted by molar-refractivity contribution is 6.33. The Morgan fingerprint density at radius 1 is 1.13 bits per heavy atom. The molecule has 8 nitrogen and oxygen atoms in total. The van der Waals surface area contributed by atoms with Crippen LogP contribution in [0.25, 0.3) is 17.2 Å². The van der Waals surface area contributed by atoms with Gasteiger partial charge in [0.2, 0.25) is 0 Å². The molecule has 31 heavy (non-hydrogen) atoms. The summed E-state index contributed by atoms with van der Waals surface area (Å²) in [5, 5.41) is 19.5. The average molecular weight is 439 g/mol. The van der Waals surface area contributed by atoms with Gasteiger partial charge in [-0.15, -0.1) is 5.10 Å². The Labute approximate surface area is 186 Å². The normalized spacial score (nSPS) is 12.4. The minimum atomic E-state index is 0.367. The zero-order chi connectivity index (χ0) is 21.8. The molecule has 1 unspecified atom stereocenters. The van der Waals surface area contributed by atoms with Crippen molar-refractivity contribution in [3.63, 3.8) is 0 Å². The van der Waals surface area contributed by atoms with E-state index < -0.39 is 0 Å². The van der Waals surface area contributed by atoms with Crippen molar-refractivity contribution in [1.82, 2.24) is 40.0 Å². The number of unbranched alkanes of at least 4 members (excludes halogenated alkanes) is 1. The zero-order valence-electron chi connectivity index (χ0n) is 18.1. The highest BCUT2D eigenvalue weighted by atomic mass is 35.5. The number of H-pyrrole nitrogens is 1. The lowest BCUT2D eigenvalue weighted by molar-refractivity contribution is 0.602. The molecule has 0 aliphatic rings. The Kier molecular flexibility index (Phi) is 6.46. The number of aryl methyl sites for hydroxylation is 1. The second-order valence-corrected chi connectivity index (χ2v) is 8.16. The lowest BCUT2D eigenvalue weighted by Gasteiger charge is -2.10. The predicted octanol–water partition coefficient (Wildman–Crippen LogP) is 4.81. The second-order valence-electron chi connectivity index (χ2n) is 7.76. The van der Waals surface area contributed by atoms with Gasteiger partial charge in [-0.05, 0) is 47.0 Å². The molecule has 0 spiro atoms. The van der Waals surface area contributed by atoms with Gasteiger partial charge in [-0.25, -0.2) is 14.8 Å². The molecule has 4 rings (SSSR count). The molecule has 162 valence electrons. The first-order valence-corrected chi connectivity index (χ1v) is 11.1. The number of halogens is 1. The van der Waals surface area contributed by atoms with Crippen molar-refractivity contribution >= 4 is 11.6 Å². The lowest BCUT2D eigenvalue weighted by Crippen LogP contribution is -2.08. The van der Waals surface area contributed by atoms with E-state index >= 15 is 0 Å². The SMILES string of the molecule is CCCCc1nc(C(C)CC)nn1Cc1ccc(-n2ccc(Cl)c2-c2nnn[nH]2)cc1. The summed E-state index contributed by atoms with van der Waals surface area (Å²) in [6.45, 7) is 7.26. The third-order valence-electron chi connectivity index (χ3n) is 5.53. The van der Waals surface area contributed by atoms with E-state index in [1.807, 2.05) is 16.8 Å². The van der Waals surface area contributed by atoms with Crippen molar-refractivity contribution < 1.29 is 0 Å². The molecule has 0 saturated heterocycles. The van der Waals surface area contributed by atoms with Crippen LogP contribution >= 0.6 is 11.6 Å². The Morgan fingerprint density at radius 3 is 2.61 bits per heavy atom. The van der Waals surface area contributed by atoms with E-state index in [1.165, 1.54) is 5.56 Å². The first-order chi connectivity index (χ1) is 15.1. The average Bonchev–Trinajstić information content (AvgIpc) is 3.52. The van der Waals surface area contributed by atoms with E-state index in [-0.39, 0.29) is 0 Å². The molecule has 0 radical (unpaired) electrons. The number of nitrogens with zero attached hydrogens (tertiary/aromatic N) is 7. The minimum Gasteiger partial charge on any atom is -0.312 e. The maximum atomic E-state index is 6.37. The number of aromatic nitrogens is 8. The molecule has 4 aromatic rings. The van der Waals surface area contributed by atoms with Crippen LogP contribution in [0.5, 0.6) is 0 Å². The van der Waals surface area contributed by atoms with Gasteiger partial charge in [0, 0.05) is 24.2 Å². The fourth-order valence-electron chi connectivity index (χ4n) is 3.48. The van der Waals surface area contributed by atoms with Crippen molar-refractivity contribution in [2.75, 3.05) is 0 Å². The van der Waals surface area contributed by atoms with E-state index in [4.69, 9.17) is 21.7 Å².